The van der Waals surface area contributed by atoms with E-state index in [1.165, 1.54) is 18.2 Å². The summed E-state index contributed by atoms with van der Waals surface area (Å²) in [6.07, 6.45) is -3.05. The van der Waals surface area contributed by atoms with Crippen LogP contribution in [0.3, 0.4) is 0 Å². The second-order valence-electron chi connectivity index (χ2n) is 6.70. The van der Waals surface area contributed by atoms with Crippen LogP contribution in [0, 0.1) is 5.92 Å². The van der Waals surface area contributed by atoms with Crippen molar-refractivity contribution >= 4 is 23.2 Å². The largest absolute Gasteiger partial charge is 0.418 e. The van der Waals surface area contributed by atoms with Crippen molar-refractivity contribution in [1.29, 1.82) is 0 Å². The molecule has 1 aliphatic heterocycles. The third kappa shape index (κ3) is 5.02. The molecule has 1 amide bonds. The number of hydrogen-bond donors (Lipinski definition) is 1. The molecule has 3 rings (SSSR count). The number of anilines is 1. The molecule has 0 saturated carbocycles. The first-order valence-corrected chi connectivity index (χ1v) is 9.15. The predicted molar refractivity (Wildman–Crippen MR) is 99.5 cm³/mol. The molecule has 1 unspecified atom stereocenters. The Morgan fingerprint density at radius 3 is 2.59 bits per heavy atom. The molecule has 1 heterocycles. The molecule has 1 fully saturated rings. The van der Waals surface area contributed by atoms with E-state index in [2.05, 4.69) is 10.2 Å². The predicted octanol–water partition coefficient (Wildman–Crippen LogP) is 5.21. The van der Waals surface area contributed by atoms with Crippen LogP contribution in [0.4, 0.5) is 18.9 Å². The van der Waals surface area contributed by atoms with E-state index < -0.39 is 11.7 Å². The van der Waals surface area contributed by atoms with Crippen LogP contribution in [-0.2, 0) is 17.5 Å². The Labute approximate surface area is 161 Å². The number of rotatable bonds is 4. The topological polar surface area (TPSA) is 32.3 Å². The molecule has 1 aliphatic rings. The molecular weight excluding hydrogens is 377 g/mol. The number of nitrogens with one attached hydrogen (secondary N) is 1. The number of alkyl halides is 3. The summed E-state index contributed by atoms with van der Waals surface area (Å²) in [5, 5.41) is 3.14. The fourth-order valence-electron chi connectivity index (χ4n) is 3.35. The summed E-state index contributed by atoms with van der Waals surface area (Å²) in [5.74, 6) is -0.738. The highest BCUT2D eigenvalue weighted by Crippen LogP contribution is 2.35. The Morgan fingerprint density at radius 1 is 1.15 bits per heavy atom. The van der Waals surface area contributed by atoms with Crippen LogP contribution in [0.2, 0.25) is 5.02 Å². The molecular formula is C20H20ClF3N2O. The van der Waals surface area contributed by atoms with Crippen molar-refractivity contribution < 1.29 is 18.0 Å². The molecule has 0 spiro atoms. The summed E-state index contributed by atoms with van der Waals surface area (Å²) in [5.41, 5.74) is -0.0528. The third-order valence-electron chi connectivity index (χ3n) is 4.72. The highest BCUT2D eigenvalue weighted by molar-refractivity contribution is 6.31. The van der Waals surface area contributed by atoms with Gasteiger partial charge in [0.15, 0.2) is 0 Å². The highest BCUT2D eigenvalue weighted by atomic mass is 35.5. The summed E-state index contributed by atoms with van der Waals surface area (Å²) in [6.45, 7) is 1.93. The number of amides is 1. The van der Waals surface area contributed by atoms with E-state index in [0.717, 1.165) is 24.6 Å². The fourth-order valence-corrected chi connectivity index (χ4v) is 3.55. The lowest BCUT2D eigenvalue weighted by Crippen LogP contribution is -2.40. The van der Waals surface area contributed by atoms with E-state index in [0.29, 0.717) is 24.5 Å². The van der Waals surface area contributed by atoms with Gasteiger partial charge in [0, 0.05) is 18.1 Å². The molecule has 2 aromatic rings. The van der Waals surface area contributed by atoms with Gasteiger partial charge in [-0.2, -0.15) is 13.2 Å². The molecule has 144 valence electrons. The number of carbonyl (C=O) groups excluding carboxylic acids is 1. The quantitative estimate of drug-likeness (QED) is 0.769. The zero-order valence-corrected chi connectivity index (χ0v) is 15.4. The first-order chi connectivity index (χ1) is 12.8. The van der Waals surface area contributed by atoms with Crippen LogP contribution < -0.4 is 5.32 Å². The van der Waals surface area contributed by atoms with Crippen LogP contribution >= 0.6 is 11.6 Å². The third-order valence-corrected chi connectivity index (χ3v) is 5.09. The van der Waals surface area contributed by atoms with Crippen LogP contribution in [-0.4, -0.2) is 23.9 Å². The number of hydrogen-bond acceptors (Lipinski definition) is 2. The van der Waals surface area contributed by atoms with Gasteiger partial charge in [-0.25, -0.2) is 0 Å². The lowest BCUT2D eigenvalue weighted by Gasteiger charge is -2.32. The number of halogens is 4. The lowest BCUT2D eigenvalue weighted by molar-refractivity contribution is -0.137. The van der Waals surface area contributed by atoms with E-state index in [-0.39, 0.29) is 17.5 Å². The molecule has 1 N–H and O–H groups in total. The Bertz CT molecular complexity index is 810. The lowest BCUT2D eigenvalue weighted by atomic mass is 9.96. The van der Waals surface area contributed by atoms with Crippen LogP contribution in [0.5, 0.6) is 0 Å². The molecule has 27 heavy (non-hydrogen) atoms. The van der Waals surface area contributed by atoms with Gasteiger partial charge in [0.2, 0.25) is 5.91 Å². The molecule has 0 aromatic heterocycles. The summed E-state index contributed by atoms with van der Waals surface area (Å²) in [4.78, 5) is 14.7. The Morgan fingerprint density at radius 2 is 1.85 bits per heavy atom. The van der Waals surface area contributed by atoms with Gasteiger partial charge in [0.25, 0.3) is 0 Å². The van der Waals surface area contributed by atoms with Gasteiger partial charge in [-0.3, -0.25) is 9.69 Å². The molecule has 3 nitrogen and oxygen atoms in total. The zero-order valence-electron chi connectivity index (χ0n) is 14.6. The summed E-state index contributed by atoms with van der Waals surface area (Å²) >= 11 is 6.20. The monoisotopic (exact) mass is 396 g/mol. The van der Waals surface area contributed by atoms with Gasteiger partial charge in [-0.15, -0.1) is 0 Å². The van der Waals surface area contributed by atoms with E-state index >= 15 is 0 Å². The molecule has 0 bridgehead atoms. The van der Waals surface area contributed by atoms with Gasteiger partial charge >= 0.3 is 6.18 Å². The molecule has 0 radical (unpaired) electrons. The van der Waals surface area contributed by atoms with Gasteiger partial charge in [-0.05, 0) is 43.1 Å². The van der Waals surface area contributed by atoms with Crippen molar-refractivity contribution in [3.05, 3.63) is 64.7 Å². The van der Waals surface area contributed by atoms with E-state index in [1.807, 2.05) is 24.3 Å². The summed E-state index contributed by atoms with van der Waals surface area (Å²) < 4.78 is 39.3. The van der Waals surface area contributed by atoms with E-state index in [9.17, 15) is 18.0 Å². The zero-order chi connectivity index (χ0) is 19.4. The molecule has 1 saturated heterocycles. The number of piperidine rings is 1. The van der Waals surface area contributed by atoms with Gasteiger partial charge in [-0.1, -0.05) is 41.9 Å². The van der Waals surface area contributed by atoms with Crippen molar-refractivity contribution in [3.63, 3.8) is 0 Å². The SMILES string of the molecule is O=C(Nc1ccccc1C(F)(F)F)C1CCCN(Cc2ccccc2Cl)C1. The average molecular weight is 397 g/mol. The maximum Gasteiger partial charge on any atom is 0.418 e. The van der Waals surface area contributed by atoms with E-state index in [1.54, 1.807) is 0 Å². The summed E-state index contributed by atoms with van der Waals surface area (Å²) in [7, 11) is 0. The Kier molecular flexibility index (Phi) is 6.07. The highest BCUT2D eigenvalue weighted by Gasteiger charge is 2.34. The molecule has 0 aliphatic carbocycles. The minimum atomic E-state index is -4.51. The second-order valence-corrected chi connectivity index (χ2v) is 7.11. The number of likely N-dealkylation sites (tertiary alicyclic amines) is 1. The van der Waals surface area contributed by atoms with Crippen LogP contribution in [0.1, 0.15) is 24.0 Å². The minimum Gasteiger partial charge on any atom is -0.325 e. The van der Waals surface area contributed by atoms with Crippen LogP contribution in [0.15, 0.2) is 48.5 Å². The van der Waals surface area contributed by atoms with Crippen molar-refractivity contribution in [2.75, 3.05) is 18.4 Å². The maximum absolute atomic E-state index is 13.1. The van der Waals surface area contributed by atoms with Crippen molar-refractivity contribution in [2.45, 2.75) is 25.6 Å². The normalized spacial score (nSPS) is 18.3. The van der Waals surface area contributed by atoms with Gasteiger partial charge in [0.1, 0.15) is 0 Å². The Hall–Kier alpha value is -2.05. The van der Waals surface area contributed by atoms with Crippen molar-refractivity contribution in [1.82, 2.24) is 4.90 Å². The molecule has 7 heteroatoms. The number of nitrogens with zero attached hydrogens (tertiary/aromatic N) is 1. The molecule has 1 atom stereocenters. The molecule has 2 aromatic carbocycles. The van der Waals surface area contributed by atoms with Gasteiger partial charge in [0.05, 0.1) is 17.2 Å². The average Bonchev–Trinajstić information content (AvgIpc) is 2.63. The number of benzene rings is 2. The standard InChI is InChI=1S/C20H20ClF3N2O/c21-17-9-3-1-6-14(17)12-26-11-5-7-15(13-26)19(27)25-18-10-4-2-8-16(18)20(22,23)24/h1-4,6,8-10,15H,5,7,11-13H2,(H,25,27). The van der Waals surface area contributed by atoms with E-state index in [4.69, 9.17) is 11.6 Å². The maximum atomic E-state index is 13.1. The number of carbonyl (C=O) groups is 1. The second kappa shape index (κ2) is 8.31. The van der Waals surface area contributed by atoms with Gasteiger partial charge < -0.3 is 5.32 Å². The van der Waals surface area contributed by atoms with Crippen molar-refractivity contribution in [2.24, 2.45) is 5.92 Å². The van der Waals surface area contributed by atoms with Crippen molar-refractivity contribution in [3.8, 4) is 0 Å². The Balaban J connectivity index is 1.67. The fraction of sp³-hybridized carbons (Fsp3) is 0.350. The first kappa shape index (κ1) is 19.7. The summed E-state index contributed by atoms with van der Waals surface area (Å²) in [6, 6.07) is 12.6. The first-order valence-electron chi connectivity index (χ1n) is 8.77. The smallest absolute Gasteiger partial charge is 0.325 e. The van der Waals surface area contributed by atoms with Crippen LogP contribution in [0.25, 0.3) is 0 Å². The number of para-hydroxylation sites is 1. The minimum absolute atomic E-state index is 0.196.